The van der Waals surface area contributed by atoms with Crippen LogP contribution in [0.25, 0.3) is 0 Å². The molecule has 0 spiro atoms. The molecule has 0 aliphatic heterocycles. The number of nitrogens with zero attached hydrogens (tertiary/aromatic N) is 3. The first-order valence-corrected chi connectivity index (χ1v) is 6.73. The van der Waals surface area contributed by atoms with Crippen molar-refractivity contribution in [1.29, 1.82) is 0 Å². The Labute approximate surface area is 109 Å². The van der Waals surface area contributed by atoms with Crippen molar-refractivity contribution in [3.63, 3.8) is 0 Å². The molecule has 1 aliphatic rings. The summed E-state index contributed by atoms with van der Waals surface area (Å²) in [5, 5.41) is 4.13. The molecular weight excluding hydrogens is 226 g/mol. The van der Waals surface area contributed by atoms with Gasteiger partial charge in [0.05, 0.1) is 11.7 Å². The largest absolute Gasteiger partial charge is 0.297 e. The summed E-state index contributed by atoms with van der Waals surface area (Å²) < 4.78 is 1.76. The van der Waals surface area contributed by atoms with E-state index in [1.165, 1.54) is 6.42 Å². The van der Waals surface area contributed by atoms with E-state index in [1.807, 2.05) is 27.3 Å². The average Bonchev–Trinajstić information content (AvgIpc) is 2.75. The summed E-state index contributed by atoms with van der Waals surface area (Å²) in [7, 11) is 5.95. The van der Waals surface area contributed by atoms with E-state index in [1.54, 1.807) is 10.9 Å². The topological polar surface area (TPSA) is 38.1 Å². The fourth-order valence-corrected chi connectivity index (χ4v) is 3.03. The van der Waals surface area contributed by atoms with Gasteiger partial charge in [0.25, 0.3) is 0 Å². The second-order valence-electron chi connectivity index (χ2n) is 5.61. The van der Waals surface area contributed by atoms with Gasteiger partial charge in [-0.3, -0.25) is 14.4 Å². The van der Waals surface area contributed by atoms with Gasteiger partial charge in [0.15, 0.2) is 5.78 Å². The lowest BCUT2D eigenvalue weighted by Gasteiger charge is -2.41. The van der Waals surface area contributed by atoms with Crippen LogP contribution in [-0.4, -0.2) is 40.1 Å². The minimum atomic E-state index is -0.242. The van der Waals surface area contributed by atoms with Crippen LogP contribution >= 0.6 is 0 Å². The SMILES string of the molecule is CN(C)C1(C(=O)Cc2cnn(C)c2)CCCCC1. The molecule has 1 aromatic rings. The fourth-order valence-electron chi connectivity index (χ4n) is 3.03. The molecule has 0 radical (unpaired) electrons. The van der Waals surface area contributed by atoms with Crippen molar-refractivity contribution in [2.45, 2.75) is 44.1 Å². The van der Waals surface area contributed by atoms with E-state index in [0.717, 1.165) is 31.2 Å². The first-order valence-electron chi connectivity index (χ1n) is 6.73. The zero-order valence-electron chi connectivity index (χ0n) is 11.6. The Kier molecular flexibility index (Phi) is 3.85. The molecule has 1 fully saturated rings. The summed E-state index contributed by atoms with van der Waals surface area (Å²) in [6.45, 7) is 0. The van der Waals surface area contributed by atoms with Crippen molar-refractivity contribution in [1.82, 2.24) is 14.7 Å². The van der Waals surface area contributed by atoms with Gasteiger partial charge < -0.3 is 0 Å². The molecule has 0 atom stereocenters. The van der Waals surface area contributed by atoms with Crippen LogP contribution in [-0.2, 0) is 18.3 Å². The quantitative estimate of drug-likeness (QED) is 0.816. The summed E-state index contributed by atoms with van der Waals surface area (Å²) in [5.41, 5.74) is 0.781. The second-order valence-corrected chi connectivity index (χ2v) is 5.61. The molecule has 1 heterocycles. The zero-order valence-corrected chi connectivity index (χ0v) is 11.6. The highest BCUT2D eigenvalue weighted by Gasteiger charge is 2.40. The Balaban J connectivity index is 2.13. The number of hydrogen-bond donors (Lipinski definition) is 0. The van der Waals surface area contributed by atoms with Gasteiger partial charge >= 0.3 is 0 Å². The molecule has 1 aromatic heterocycles. The smallest absolute Gasteiger partial charge is 0.157 e. The van der Waals surface area contributed by atoms with E-state index in [2.05, 4.69) is 10.00 Å². The molecule has 4 heteroatoms. The van der Waals surface area contributed by atoms with Crippen LogP contribution in [0.4, 0.5) is 0 Å². The maximum Gasteiger partial charge on any atom is 0.157 e. The predicted octanol–water partition coefficient (Wildman–Crippen LogP) is 1.80. The predicted molar refractivity (Wildman–Crippen MR) is 71.4 cm³/mol. The highest BCUT2D eigenvalue weighted by molar-refractivity contribution is 5.90. The summed E-state index contributed by atoms with van der Waals surface area (Å²) >= 11 is 0. The number of carbonyl (C=O) groups excluding carboxylic acids is 1. The highest BCUT2D eigenvalue weighted by Crippen LogP contribution is 2.33. The maximum absolute atomic E-state index is 12.7. The number of rotatable bonds is 4. The van der Waals surface area contributed by atoms with Crippen LogP contribution in [0.1, 0.15) is 37.7 Å². The molecule has 0 amide bonds. The van der Waals surface area contributed by atoms with Crippen LogP contribution in [0, 0.1) is 0 Å². The van der Waals surface area contributed by atoms with Crippen molar-refractivity contribution in [2.75, 3.05) is 14.1 Å². The molecule has 18 heavy (non-hydrogen) atoms. The van der Waals surface area contributed by atoms with Gasteiger partial charge in [0.1, 0.15) is 0 Å². The molecule has 4 nitrogen and oxygen atoms in total. The minimum absolute atomic E-state index is 0.242. The Morgan fingerprint density at radius 1 is 1.39 bits per heavy atom. The van der Waals surface area contributed by atoms with Gasteiger partial charge in [-0.2, -0.15) is 5.10 Å². The van der Waals surface area contributed by atoms with Crippen molar-refractivity contribution in [3.05, 3.63) is 18.0 Å². The van der Waals surface area contributed by atoms with Crippen LogP contribution in [0.5, 0.6) is 0 Å². The number of hydrogen-bond acceptors (Lipinski definition) is 3. The molecule has 100 valence electrons. The van der Waals surface area contributed by atoms with Gasteiger partial charge in [0, 0.05) is 19.7 Å². The zero-order chi connectivity index (χ0) is 13.2. The summed E-state index contributed by atoms with van der Waals surface area (Å²) in [6, 6.07) is 0. The molecular formula is C14H23N3O. The van der Waals surface area contributed by atoms with E-state index in [9.17, 15) is 4.79 Å². The van der Waals surface area contributed by atoms with Crippen molar-refractivity contribution < 1.29 is 4.79 Å². The van der Waals surface area contributed by atoms with E-state index in [-0.39, 0.29) is 5.54 Å². The minimum Gasteiger partial charge on any atom is -0.297 e. The monoisotopic (exact) mass is 249 g/mol. The fraction of sp³-hybridized carbons (Fsp3) is 0.714. The highest BCUT2D eigenvalue weighted by atomic mass is 16.1. The molecule has 2 rings (SSSR count). The van der Waals surface area contributed by atoms with E-state index >= 15 is 0 Å². The van der Waals surface area contributed by atoms with Crippen molar-refractivity contribution in [3.8, 4) is 0 Å². The lowest BCUT2D eigenvalue weighted by atomic mass is 9.76. The molecule has 1 saturated carbocycles. The van der Waals surface area contributed by atoms with Crippen LogP contribution in [0.2, 0.25) is 0 Å². The molecule has 0 unspecified atom stereocenters. The van der Waals surface area contributed by atoms with Gasteiger partial charge in [-0.1, -0.05) is 19.3 Å². The third-order valence-electron chi connectivity index (χ3n) is 4.18. The summed E-state index contributed by atoms with van der Waals surface area (Å²) in [5.74, 6) is 0.347. The first kappa shape index (κ1) is 13.3. The third-order valence-corrected chi connectivity index (χ3v) is 4.18. The normalized spacial score (nSPS) is 19.1. The standard InChI is InChI=1S/C14H23N3O/c1-16(2)14(7-5-4-6-8-14)13(18)9-12-10-15-17(3)11-12/h10-11H,4-9H2,1-3H3. The van der Waals surface area contributed by atoms with Gasteiger partial charge in [-0.05, 0) is 32.5 Å². The van der Waals surface area contributed by atoms with Gasteiger partial charge in [-0.15, -0.1) is 0 Å². The van der Waals surface area contributed by atoms with Crippen LogP contribution in [0.3, 0.4) is 0 Å². The van der Waals surface area contributed by atoms with Gasteiger partial charge in [-0.25, -0.2) is 0 Å². The lowest BCUT2D eigenvalue weighted by Crippen LogP contribution is -2.53. The summed E-state index contributed by atoms with van der Waals surface area (Å²) in [4.78, 5) is 14.8. The maximum atomic E-state index is 12.7. The van der Waals surface area contributed by atoms with Gasteiger partial charge in [0.2, 0.25) is 0 Å². The number of aromatic nitrogens is 2. The Hall–Kier alpha value is -1.16. The van der Waals surface area contributed by atoms with E-state index < -0.39 is 0 Å². The second kappa shape index (κ2) is 5.22. The molecule has 0 N–H and O–H groups in total. The number of likely N-dealkylation sites (N-methyl/N-ethyl adjacent to an activating group) is 1. The third kappa shape index (κ3) is 2.48. The van der Waals surface area contributed by atoms with Crippen molar-refractivity contribution >= 4 is 5.78 Å². The lowest BCUT2D eigenvalue weighted by molar-refractivity contribution is -0.131. The summed E-state index contributed by atoms with van der Waals surface area (Å²) in [6.07, 6.45) is 9.82. The van der Waals surface area contributed by atoms with E-state index in [0.29, 0.717) is 12.2 Å². The number of aryl methyl sites for hydroxylation is 1. The molecule has 0 saturated heterocycles. The number of Topliss-reactive ketones (excluding diaryl/α,β-unsaturated/α-hetero) is 1. The van der Waals surface area contributed by atoms with E-state index in [4.69, 9.17) is 0 Å². The Morgan fingerprint density at radius 2 is 2.06 bits per heavy atom. The average molecular weight is 249 g/mol. The molecule has 0 aromatic carbocycles. The van der Waals surface area contributed by atoms with Crippen molar-refractivity contribution in [2.24, 2.45) is 7.05 Å². The Morgan fingerprint density at radius 3 is 2.56 bits per heavy atom. The number of ketones is 1. The molecule has 1 aliphatic carbocycles. The van der Waals surface area contributed by atoms with Crippen LogP contribution in [0.15, 0.2) is 12.4 Å². The van der Waals surface area contributed by atoms with Crippen LogP contribution < -0.4 is 0 Å². The first-order chi connectivity index (χ1) is 8.54. The number of carbonyl (C=O) groups is 1. The Bertz CT molecular complexity index is 416. The molecule has 0 bridgehead atoms.